The van der Waals surface area contributed by atoms with Crippen molar-refractivity contribution in [2.24, 2.45) is 34.2 Å². The summed E-state index contributed by atoms with van der Waals surface area (Å²) in [7, 11) is 1.77. The smallest absolute Gasteiger partial charge is 0.223 e. The van der Waals surface area contributed by atoms with E-state index in [1.165, 1.54) is 0 Å². The van der Waals surface area contributed by atoms with Gasteiger partial charge >= 0.3 is 0 Å². The lowest BCUT2D eigenvalue weighted by molar-refractivity contribution is 0.736. The summed E-state index contributed by atoms with van der Waals surface area (Å²) in [4.78, 5) is 7.75. The molecule has 0 aliphatic heterocycles. The van der Waals surface area contributed by atoms with Gasteiger partial charge in [-0.25, -0.2) is 9.67 Å². The Morgan fingerprint density at radius 3 is 2.76 bits per heavy atom. The van der Waals surface area contributed by atoms with Gasteiger partial charge in [0.15, 0.2) is 5.96 Å². The minimum absolute atomic E-state index is 0.0151. The molecule has 0 saturated heterocycles. The maximum atomic E-state index is 5.57. The number of hydrogen-bond acceptors (Lipinski definition) is 3. The summed E-state index contributed by atoms with van der Waals surface area (Å²) in [6.07, 6.45) is 0. The molecule has 0 fully saturated rings. The lowest BCUT2D eigenvalue weighted by Crippen LogP contribution is -2.26. The first kappa shape index (κ1) is 10.9. The van der Waals surface area contributed by atoms with Gasteiger partial charge in [-0.3, -0.25) is 0 Å². The zero-order valence-corrected chi connectivity index (χ0v) is 9.20. The van der Waals surface area contributed by atoms with Crippen LogP contribution in [0.1, 0.15) is 0 Å². The standard InChI is InChI=1S/C9H12N8/c1-17-7-5(13-9(12)14-8(10)11)3-2-4-6(7)15-16-17/h2-4H,1H3,(H6,10,11,12,13,14). The van der Waals surface area contributed by atoms with Gasteiger partial charge in [0.2, 0.25) is 5.96 Å². The van der Waals surface area contributed by atoms with Gasteiger partial charge in [0, 0.05) is 7.05 Å². The Hall–Kier alpha value is -2.64. The van der Waals surface area contributed by atoms with E-state index in [0.717, 1.165) is 11.0 Å². The Morgan fingerprint density at radius 1 is 1.29 bits per heavy atom. The second-order valence-electron chi connectivity index (χ2n) is 3.36. The molecule has 0 aliphatic rings. The first-order valence-corrected chi connectivity index (χ1v) is 4.80. The molecule has 17 heavy (non-hydrogen) atoms. The van der Waals surface area contributed by atoms with Crippen LogP contribution in [0.3, 0.4) is 0 Å². The largest absolute Gasteiger partial charge is 0.370 e. The van der Waals surface area contributed by atoms with Gasteiger partial charge in [-0.2, -0.15) is 4.99 Å². The van der Waals surface area contributed by atoms with E-state index in [0.29, 0.717) is 5.69 Å². The minimum atomic E-state index is -0.137. The molecular weight excluding hydrogens is 220 g/mol. The van der Waals surface area contributed by atoms with Crippen molar-refractivity contribution in [2.75, 3.05) is 0 Å². The van der Waals surface area contributed by atoms with Gasteiger partial charge in [-0.15, -0.1) is 5.10 Å². The normalized spacial score (nSPS) is 11.7. The van der Waals surface area contributed by atoms with Crippen LogP contribution < -0.4 is 17.2 Å². The zero-order chi connectivity index (χ0) is 12.4. The molecule has 2 aromatic rings. The molecule has 1 aromatic carbocycles. The van der Waals surface area contributed by atoms with Crippen LogP contribution in [-0.2, 0) is 7.05 Å². The van der Waals surface area contributed by atoms with Crippen LogP contribution in [0.5, 0.6) is 0 Å². The van der Waals surface area contributed by atoms with Crippen LogP contribution in [0.25, 0.3) is 11.0 Å². The quantitative estimate of drug-likeness (QED) is 0.436. The summed E-state index contributed by atoms with van der Waals surface area (Å²) in [5.41, 5.74) is 18.1. The molecule has 0 bridgehead atoms. The van der Waals surface area contributed by atoms with E-state index in [2.05, 4.69) is 20.3 Å². The number of guanidine groups is 2. The maximum Gasteiger partial charge on any atom is 0.223 e. The van der Waals surface area contributed by atoms with Crippen LogP contribution in [0.2, 0.25) is 0 Å². The van der Waals surface area contributed by atoms with Crippen molar-refractivity contribution >= 4 is 28.6 Å². The zero-order valence-electron chi connectivity index (χ0n) is 9.20. The SMILES string of the molecule is Cn1nnc2cccc(N=C(N)N=C(N)N)c21. The average Bonchev–Trinajstić information content (AvgIpc) is 2.60. The number of hydrogen-bond donors (Lipinski definition) is 3. The molecule has 8 nitrogen and oxygen atoms in total. The highest BCUT2D eigenvalue weighted by atomic mass is 15.4. The van der Waals surface area contributed by atoms with E-state index in [-0.39, 0.29) is 11.9 Å². The van der Waals surface area contributed by atoms with E-state index < -0.39 is 0 Å². The van der Waals surface area contributed by atoms with Crippen LogP contribution in [0.15, 0.2) is 28.2 Å². The number of fused-ring (bicyclic) bond motifs is 1. The topological polar surface area (TPSA) is 133 Å². The van der Waals surface area contributed by atoms with Crippen molar-refractivity contribution in [3.8, 4) is 0 Å². The Bertz CT molecular complexity index is 604. The number of aromatic nitrogens is 3. The Labute approximate surface area is 96.8 Å². The molecule has 0 radical (unpaired) electrons. The van der Waals surface area contributed by atoms with Crippen molar-refractivity contribution < 1.29 is 0 Å². The van der Waals surface area contributed by atoms with Gasteiger partial charge in [-0.1, -0.05) is 11.3 Å². The lowest BCUT2D eigenvalue weighted by Gasteiger charge is -1.99. The second kappa shape index (κ2) is 4.08. The van der Waals surface area contributed by atoms with Crippen LogP contribution in [0, 0.1) is 0 Å². The number of nitrogens with two attached hydrogens (primary N) is 3. The third-order valence-electron chi connectivity index (χ3n) is 2.08. The van der Waals surface area contributed by atoms with E-state index in [1.807, 2.05) is 6.07 Å². The maximum absolute atomic E-state index is 5.57. The number of rotatable bonds is 1. The summed E-state index contributed by atoms with van der Waals surface area (Å²) in [6.45, 7) is 0. The molecule has 0 amide bonds. The fourth-order valence-electron chi connectivity index (χ4n) is 1.46. The predicted octanol–water partition coefficient (Wildman–Crippen LogP) is -0.812. The Morgan fingerprint density at radius 2 is 2.06 bits per heavy atom. The van der Waals surface area contributed by atoms with Gasteiger partial charge in [0.25, 0.3) is 0 Å². The number of nitrogens with zero attached hydrogens (tertiary/aromatic N) is 5. The molecule has 0 saturated carbocycles. The van der Waals surface area contributed by atoms with Crippen LogP contribution >= 0.6 is 0 Å². The Kier molecular flexibility index (Phi) is 2.61. The van der Waals surface area contributed by atoms with E-state index in [9.17, 15) is 0 Å². The fourth-order valence-corrected chi connectivity index (χ4v) is 1.46. The van der Waals surface area contributed by atoms with E-state index in [1.54, 1.807) is 23.9 Å². The van der Waals surface area contributed by atoms with Gasteiger partial charge in [0.05, 0.1) is 5.69 Å². The van der Waals surface area contributed by atoms with Crippen molar-refractivity contribution in [2.45, 2.75) is 0 Å². The highest BCUT2D eigenvalue weighted by Crippen LogP contribution is 2.23. The number of para-hydroxylation sites is 1. The van der Waals surface area contributed by atoms with Crippen molar-refractivity contribution in [1.29, 1.82) is 0 Å². The minimum Gasteiger partial charge on any atom is -0.370 e. The second-order valence-corrected chi connectivity index (χ2v) is 3.36. The highest BCUT2D eigenvalue weighted by Gasteiger charge is 2.06. The summed E-state index contributed by atoms with van der Waals surface area (Å²) in [5.74, 6) is -0.153. The molecule has 0 aliphatic carbocycles. The van der Waals surface area contributed by atoms with E-state index >= 15 is 0 Å². The number of benzene rings is 1. The molecule has 88 valence electrons. The van der Waals surface area contributed by atoms with E-state index in [4.69, 9.17) is 17.2 Å². The molecule has 1 aromatic heterocycles. The molecular formula is C9H12N8. The molecule has 1 heterocycles. The summed E-state index contributed by atoms with van der Waals surface area (Å²) >= 11 is 0. The summed E-state index contributed by atoms with van der Waals surface area (Å²) in [5, 5.41) is 7.86. The summed E-state index contributed by atoms with van der Waals surface area (Å²) < 4.78 is 1.61. The molecule has 0 atom stereocenters. The van der Waals surface area contributed by atoms with Crippen LogP contribution in [-0.4, -0.2) is 26.9 Å². The van der Waals surface area contributed by atoms with Crippen molar-refractivity contribution in [3.05, 3.63) is 18.2 Å². The summed E-state index contributed by atoms with van der Waals surface area (Å²) in [6, 6.07) is 5.41. The van der Waals surface area contributed by atoms with Gasteiger partial charge in [-0.05, 0) is 12.1 Å². The first-order chi connectivity index (χ1) is 8.08. The fraction of sp³-hybridized carbons (Fsp3) is 0.111. The van der Waals surface area contributed by atoms with Crippen molar-refractivity contribution in [3.63, 3.8) is 0 Å². The molecule has 6 N–H and O–H groups in total. The molecule has 2 rings (SSSR count). The predicted molar refractivity (Wildman–Crippen MR) is 65.6 cm³/mol. The third kappa shape index (κ3) is 2.14. The first-order valence-electron chi connectivity index (χ1n) is 4.80. The van der Waals surface area contributed by atoms with Crippen molar-refractivity contribution in [1.82, 2.24) is 15.0 Å². The highest BCUT2D eigenvalue weighted by molar-refractivity contribution is 5.96. The van der Waals surface area contributed by atoms with Gasteiger partial charge in [0.1, 0.15) is 11.0 Å². The monoisotopic (exact) mass is 232 g/mol. The Balaban J connectivity index is 2.56. The van der Waals surface area contributed by atoms with Crippen LogP contribution in [0.4, 0.5) is 5.69 Å². The molecule has 0 unspecified atom stereocenters. The average molecular weight is 232 g/mol. The van der Waals surface area contributed by atoms with Gasteiger partial charge < -0.3 is 17.2 Å². The molecule has 0 spiro atoms. The third-order valence-corrected chi connectivity index (χ3v) is 2.08. The lowest BCUT2D eigenvalue weighted by atomic mass is 10.2. The number of aryl methyl sites for hydroxylation is 1. The number of aliphatic imine (C=N–C) groups is 2. The molecule has 8 heteroatoms.